The molecule has 1 aromatic rings. The summed E-state index contributed by atoms with van der Waals surface area (Å²) in [7, 11) is 2.10. The molecule has 0 atom stereocenters. The van der Waals surface area contributed by atoms with Crippen molar-refractivity contribution in [3.63, 3.8) is 0 Å². The molecule has 1 saturated heterocycles. The lowest BCUT2D eigenvalue weighted by atomic mass is 10.1. The molecular weight excluding hydrogens is 280 g/mol. The van der Waals surface area contributed by atoms with Crippen molar-refractivity contribution in [3.05, 3.63) is 28.2 Å². The zero-order valence-electron chi connectivity index (χ0n) is 9.82. The van der Waals surface area contributed by atoms with Crippen molar-refractivity contribution in [3.8, 4) is 6.07 Å². The molecular formula is C13H15BrN2O. The topological polar surface area (TPSA) is 36.3 Å². The normalized spacial score (nSPS) is 16.5. The van der Waals surface area contributed by atoms with Gasteiger partial charge in [0.1, 0.15) is 6.07 Å². The lowest BCUT2D eigenvalue weighted by Gasteiger charge is -2.33. The van der Waals surface area contributed by atoms with Gasteiger partial charge in [0, 0.05) is 36.5 Å². The Morgan fingerprint density at radius 1 is 1.41 bits per heavy atom. The maximum Gasteiger partial charge on any atom is 0.100 e. The number of anilines is 1. The van der Waals surface area contributed by atoms with Crippen molar-refractivity contribution in [1.82, 2.24) is 0 Å². The predicted molar refractivity (Wildman–Crippen MR) is 71.1 cm³/mol. The molecule has 17 heavy (non-hydrogen) atoms. The lowest BCUT2D eigenvalue weighted by molar-refractivity contribution is 0.0855. The van der Waals surface area contributed by atoms with E-state index in [1.54, 1.807) is 0 Å². The molecule has 1 aromatic carbocycles. The summed E-state index contributed by atoms with van der Waals surface area (Å²) in [4.78, 5) is 2.27. The minimum Gasteiger partial charge on any atom is -0.381 e. The molecule has 90 valence electrons. The Morgan fingerprint density at radius 2 is 2.12 bits per heavy atom. The summed E-state index contributed by atoms with van der Waals surface area (Å²) in [5.74, 6) is 0. The van der Waals surface area contributed by atoms with Crippen LogP contribution in [-0.4, -0.2) is 26.3 Å². The first-order valence-electron chi connectivity index (χ1n) is 5.72. The monoisotopic (exact) mass is 294 g/mol. The van der Waals surface area contributed by atoms with Gasteiger partial charge in [-0.15, -0.1) is 0 Å². The molecule has 0 saturated carbocycles. The van der Waals surface area contributed by atoms with Gasteiger partial charge in [0.2, 0.25) is 0 Å². The van der Waals surface area contributed by atoms with Crippen molar-refractivity contribution in [2.45, 2.75) is 18.9 Å². The smallest absolute Gasteiger partial charge is 0.100 e. The van der Waals surface area contributed by atoms with Crippen molar-refractivity contribution in [2.24, 2.45) is 0 Å². The second-order valence-corrected chi connectivity index (χ2v) is 5.08. The molecule has 0 aliphatic carbocycles. The summed E-state index contributed by atoms with van der Waals surface area (Å²) in [5, 5.41) is 8.89. The van der Waals surface area contributed by atoms with Crippen LogP contribution in [0.1, 0.15) is 18.4 Å². The third-order valence-electron chi connectivity index (χ3n) is 3.22. The minimum atomic E-state index is 0.531. The zero-order valence-corrected chi connectivity index (χ0v) is 11.4. The molecule has 1 aliphatic rings. The molecule has 0 unspecified atom stereocenters. The quantitative estimate of drug-likeness (QED) is 0.841. The molecule has 2 rings (SSSR count). The van der Waals surface area contributed by atoms with E-state index >= 15 is 0 Å². The number of nitriles is 1. The number of rotatable bonds is 2. The highest BCUT2D eigenvalue weighted by Gasteiger charge is 2.19. The molecule has 0 N–H and O–H groups in total. The van der Waals surface area contributed by atoms with Crippen molar-refractivity contribution in [1.29, 1.82) is 5.26 Å². The summed E-state index contributed by atoms with van der Waals surface area (Å²) < 4.78 is 6.22. The standard InChI is InChI=1S/C13H15BrN2O/c1-16(11-4-6-17-7-5-11)12-3-2-10(9-15)13(14)8-12/h2-3,8,11H,4-7H2,1H3. The fraction of sp³-hybridized carbons (Fsp3) is 0.462. The number of hydrogen-bond acceptors (Lipinski definition) is 3. The van der Waals surface area contributed by atoms with Crippen molar-refractivity contribution >= 4 is 21.6 Å². The second kappa shape index (κ2) is 5.52. The van der Waals surface area contributed by atoms with E-state index in [4.69, 9.17) is 10.00 Å². The molecule has 1 fully saturated rings. The number of ether oxygens (including phenoxy) is 1. The molecule has 4 heteroatoms. The van der Waals surface area contributed by atoms with Crippen molar-refractivity contribution in [2.75, 3.05) is 25.2 Å². The first-order valence-corrected chi connectivity index (χ1v) is 6.52. The summed E-state index contributed by atoms with van der Waals surface area (Å²) in [6.45, 7) is 1.68. The predicted octanol–water partition coefficient (Wildman–Crippen LogP) is 2.94. The van der Waals surface area contributed by atoms with Gasteiger partial charge in [-0.2, -0.15) is 5.26 Å². The number of hydrogen-bond donors (Lipinski definition) is 0. The first-order chi connectivity index (χ1) is 8.22. The van der Waals surface area contributed by atoms with Crippen LogP contribution in [0.25, 0.3) is 0 Å². The van der Waals surface area contributed by atoms with Crippen LogP contribution in [-0.2, 0) is 4.74 Å². The fourth-order valence-electron chi connectivity index (χ4n) is 2.10. The van der Waals surface area contributed by atoms with Gasteiger partial charge in [0.15, 0.2) is 0 Å². The Bertz CT molecular complexity index is 436. The Hall–Kier alpha value is -1.05. The molecule has 0 spiro atoms. The summed E-state index contributed by atoms with van der Waals surface area (Å²) in [5.41, 5.74) is 1.82. The largest absolute Gasteiger partial charge is 0.381 e. The van der Waals surface area contributed by atoms with Gasteiger partial charge in [0.25, 0.3) is 0 Å². The van der Waals surface area contributed by atoms with Gasteiger partial charge in [-0.25, -0.2) is 0 Å². The van der Waals surface area contributed by atoms with Gasteiger partial charge in [-0.05, 0) is 47.0 Å². The van der Waals surface area contributed by atoms with E-state index in [0.717, 1.165) is 36.2 Å². The molecule has 0 bridgehead atoms. The average Bonchev–Trinajstić information content (AvgIpc) is 2.39. The van der Waals surface area contributed by atoms with Gasteiger partial charge in [0.05, 0.1) is 5.56 Å². The van der Waals surface area contributed by atoms with Crippen LogP contribution in [0.2, 0.25) is 0 Å². The number of benzene rings is 1. The van der Waals surface area contributed by atoms with Gasteiger partial charge in [-0.1, -0.05) is 0 Å². The van der Waals surface area contributed by atoms with Gasteiger partial charge in [-0.3, -0.25) is 0 Å². The summed E-state index contributed by atoms with van der Waals surface area (Å²) in [6.07, 6.45) is 2.13. The molecule has 0 amide bonds. The van der Waals surface area contributed by atoms with E-state index < -0.39 is 0 Å². The maximum atomic E-state index is 8.89. The van der Waals surface area contributed by atoms with Gasteiger partial charge >= 0.3 is 0 Å². The molecule has 1 heterocycles. The van der Waals surface area contributed by atoms with E-state index in [9.17, 15) is 0 Å². The molecule has 0 radical (unpaired) electrons. The molecule has 0 aromatic heterocycles. The second-order valence-electron chi connectivity index (χ2n) is 4.23. The van der Waals surface area contributed by atoms with Crippen LogP contribution in [0.15, 0.2) is 22.7 Å². The maximum absolute atomic E-state index is 8.89. The van der Waals surface area contributed by atoms with Crippen LogP contribution >= 0.6 is 15.9 Å². The van der Waals surface area contributed by atoms with Crippen LogP contribution in [0.4, 0.5) is 5.69 Å². The number of halogens is 1. The Balaban J connectivity index is 2.16. The van der Waals surface area contributed by atoms with E-state index in [0.29, 0.717) is 11.6 Å². The molecule has 3 nitrogen and oxygen atoms in total. The molecule has 1 aliphatic heterocycles. The van der Waals surface area contributed by atoms with Crippen LogP contribution in [0, 0.1) is 11.3 Å². The van der Waals surface area contributed by atoms with Crippen LogP contribution in [0.5, 0.6) is 0 Å². The highest BCUT2D eigenvalue weighted by atomic mass is 79.9. The highest BCUT2D eigenvalue weighted by molar-refractivity contribution is 9.10. The van der Waals surface area contributed by atoms with E-state index in [2.05, 4.69) is 33.9 Å². The first kappa shape index (κ1) is 12.4. The van der Waals surface area contributed by atoms with E-state index in [1.807, 2.05) is 18.2 Å². The SMILES string of the molecule is CN(c1ccc(C#N)c(Br)c1)C1CCOCC1. The lowest BCUT2D eigenvalue weighted by Crippen LogP contribution is -2.36. The zero-order chi connectivity index (χ0) is 12.3. The number of nitrogens with zero attached hydrogens (tertiary/aromatic N) is 2. The minimum absolute atomic E-state index is 0.531. The fourth-order valence-corrected chi connectivity index (χ4v) is 2.55. The van der Waals surface area contributed by atoms with Gasteiger partial charge < -0.3 is 9.64 Å². The summed E-state index contributed by atoms with van der Waals surface area (Å²) in [6, 6.07) is 8.55. The third kappa shape index (κ3) is 2.80. The van der Waals surface area contributed by atoms with Crippen molar-refractivity contribution < 1.29 is 4.74 Å². The summed E-state index contributed by atoms with van der Waals surface area (Å²) >= 11 is 3.43. The van der Waals surface area contributed by atoms with Crippen LogP contribution in [0.3, 0.4) is 0 Å². The van der Waals surface area contributed by atoms with Crippen LogP contribution < -0.4 is 4.90 Å². The third-order valence-corrected chi connectivity index (χ3v) is 3.88. The highest BCUT2D eigenvalue weighted by Crippen LogP contribution is 2.26. The average molecular weight is 295 g/mol. The Kier molecular flexibility index (Phi) is 4.03. The Labute approximate surface area is 110 Å². The Morgan fingerprint density at radius 3 is 2.71 bits per heavy atom. The van der Waals surface area contributed by atoms with E-state index in [-0.39, 0.29) is 0 Å². The van der Waals surface area contributed by atoms with E-state index in [1.165, 1.54) is 0 Å².